The second-order valence-electron chi connectivity index (χ2n) is 13.8. The maximum absolute atomic E-state index is 13.0. The summed E-state index contributed by atoms with van der Waals surface area (Å²) in [5.74, 6) is -2.29. The predicted octanol–water partition coefficient (Wildman–Crippen LogP) is 9.25. The van der Waals surface area contributed by atoms with Crippen molar-refractivity contribution < 1.29 is 40.8 Å². The lowest BCUT2D eigenvalue weighted by molar-refractivity contribution is -0.284. The van der Waals surface area contributed by atoms with Gasteiger partial charge in [-0.2, -0.15) is 22.0 Å². The van der Waals surface area contributed by atoms with Crippen LogP contribution < -0.4 is 0 Å². The fourth-order valence-corrected chi connectivity index (χ4v) is 9.85. The van der Waals surface area contributed by atoms with Gasteiger partial charge in [-0.25, -0.2) is 0 Å². The number of carbonyl (C=O) groups excluding carboxylic acids is 1. The third kappa shape index (κ3) is 8.35. The van der Waals surface area contributed by atoms with E-state index in [1.165, 1.54) is 18.1 Å². The average Bonchev–Trinajstić information content (AvgIpc) is 3.26. The molecule has 1 N–H and O–H groups in total. The van der Waals surface area contributed by atoms with Gasteiger partial charge in [-0.3, -0.25) is 9.00 Å². The lowest BCUT2D eigenvalue weighted by Crippen LogP contribution is -2.48. The normalized spacial score (nSPS) is 29.0. The van der Waals surface area contributed by atoms with E-state index < -0.39 is 35.7 Å². The topological polar surface area (TPSA) is 63.6 Å². The standard InChI is InChI=1S/C34H49F5O4S/c1-23(40)43-30-15-14-29-31-24(21-25-22-26(41)12-13-27(25)28(31)16-18-32(29,30)2)11-8-6-4-3-5-7-9-19-44(42)20-10-17-33(35,36)34(37,38)39/h12-13,22,24,28-31,41H,3-11,14-21H2,1-2H3/t24-,28-,29+,30+,31-,32+,44?/m1/s1. The lowest BCUT2D eigenvalue weighted by Gasteiger charge is -2.53. The second-order valence-corrected chi connectivity index (χ2v) is 15.5. The molecule has 0 aliphatic heterocycles. The van der Waals surface area contributed by atoms with Crippen molar-refractivity contribution in [3.05, 3.63) is 29.3 Å². The Morgan fingerprint density at radius 1 is 0.977 bits per heavy atom. The highest BCUT2D eigenvalue weighted by Crippen LogP contribution is 2.63. The molecule has 0 bridgehead atoms. The van der Waals surface area contributed by atoms with Gasteiger partial charge in [-0.1, -0.05) is 51.5 Å². The Morgan fingerprint density at radius 2 is 1.64 bits per heavy atom. The minimum absolute atomic E-state index is 0.00984. The molecule has 1 aromatic carbocycles. The van der Waals surface area contributed by atoms with Crippen molar-refractivity contribution in [1.82, 2.24) is 0 Å². The van der Waals surface area contributed by atoms with E-state index in [0.29, 0.717) is 41.6 Å². The van der Waals surface area contributed by atoms with Gasteiger partial charge in [-0.15, -0.1) is 0 Å². The zero-order valence-corrected chi connectivity index (χ0v) is 26.9. The number of phenols is 1. The van der Waals surface area contributed by atoms with Crippen LogP contribution in [0.15, 0.2) is 18.2 Å². The fraction of sp³-hybridized carbons (Fsp3) is 0.794. The third-order valence-electron chi connectivity index (χ3n) is 10.8. The fourth-order valence-electron chi connectivity index (χ4n) is 8.66. The van der Waals surface area contributed by atoms with Gasteiger partial charge in [0.15, 0.2) is 0 Å². The molecule has 4 rings (SSSR count). The van der Waals surface area contributed by atoms with Gasteiger partial charge in [0.1, 0.15) is 11.9 Å². The first-order chi connectivity index (χ1) is 20.7. The van der Waals surface area contributed by atoms with Crippen molar-refractivity contribution in [1.29, 1.82) is 0 Å². The molecular weight excluding hydrogens is 599 g/mol. The number of fused-ring (bicyclic) bond motifs is 5. The molecule has 0 radical (unpaired) electrons. The van der Waals surface area contributed by atoms with Crippen LogP contribution >= 0.6 is 0 Å². The highest BCUT2D eigenvalue weighted by Gasteiger charge is 2.58. The molecule has 0 aromatic heterocycles. The number of hydrogen-bond acceptors (Lipinski definition) is 4. The highest BCUT2D eigenvalue weighted by atomic mass is 32.2. The third-order valence-corrected chi connectivity index (χ3v) is 12.3. The van der Waals surface area contributed by atoms with Gasteiger partial charge in [-0.05, 0) is 98.3 Å². The van der Waals surface area contributed by atoms with E-state index >= 15 is 0 Å². The summed E-state index contributed by atoms with van der Waals surface area (Å²) in [6.45, 7) is 3.84. The summed E-state index contributed by atoms with van der Waals surface area (Å²) in [5, 5.41) is 10.2. The Balaban J connectivity index is 1.19. The molecule has 2 saturated carbocycles. The van der Waals surface area contributed by atoms with Gasteiger partial charge in [0.2, 0.25) is 0 Å². The zero-order valence-electron chi connectivity index (χ0n) is 26.1. The van der Waals surface area contributed by atoms with Crippen molar-refractivity contribution >= 4 is 16.8 Å². The average molecular weight is 649 g/mol. The van der Waals surface area contributed by atoms with Gasteiger partial charge in [0, 0.05) is 41.1 Å². The smallest absolute Gasteiger partial charge is 0.453 e. The van der Waals surface area contributed by atoms with Crippen LogP contribution in [0.1, 0.15) is 121 Å². The Hall–Kier alpha value is -1.71. The van der Waals surface area contributed by atoms with E-state index in [2.05, 4.69) is 13.0 Å². The summed E-state index contributed by atoms with van der Waals surface area (Å²) in [5.41, 5.74) is 2.68. The van der Waals surface area contributed by atoms with Crippen LogP contribution in [0.3, 0.4) is 0 Å². The molecule has 0 saturated heterocycles. The Bertz CT molecular complexity index is 1140. The number of halogens is 5. The largest absolute Gasteiger partial charge is 0.508 e. The monoisotopic (exact) mass is 648 g/mol. The zero-order chi connectivity index (χ0) is 32.1. The number of phenolic OH excluding ortho intramolecular Hbond substituents is 1. The lowest BCUT2D eigenvalue weighted by atomic mass is 9.52. The number of ether oxygens (including phenoxy) is 1. The summed E-state index contributed by atoms with van der Waals surface area (Å²) in [7, 11) is -1.37. The molecule has 250 valence electrons. The minimum Gasteiger partial charge on any atom is -0.508 e. The van der Waals surface area contributed by atoms with Crippen molar-refractivity contribution in [3.63, 3.8) is 0 Å². The SMILES string of the molecule is CC(=O)O[C@H]1CC[C@H]2[C@@H]3[C@H](CCCCCCCCCS(=O)CCCC(F)(F)C(F)(F)F)Cc4cc(O)ccc4[C@H]3CC[C@]12C. The van der Waals surface area contributed by atoms with Crippen LogP contribution in [-0.4, -0.2) is 45.0 Å². The van der Waals surface area contributed by atoms with E-state index in [1.807, 2.05) is 12.1 Å². The number of benzene rings is 1. The number of hydrogen-bond donors (Lipinski definition) is 1. The maximum Gasteiger partial charge on any atom is 0.453 e. The van der Waals surface area contributed by atoms with Crippen molar-refractivity contribution in [2.24, 2.45) is 23.2 Å². The van der Waals surface area contributed by atoms with E-state index in [0.717, 1.165) is 77.0 Å². The number of unbranched alkanes of at least 4 members (excludes halogenated alkanes) is 6. The first-order valence-electron chi connectivity index (χ1n) is 16.5. The van der Waals surface area contributed by atoms with Crippen LogP contribution in [-0.2, 0) is 26.8 Å². The molecule has 7 atom stereocenters. The summed E-state index contributed by atoms with van der Waals surface area (Å²) < 4.78 is 80.5. The number of aromatic hydroxyl groups is 1. The summed E-state index contributed by atoms with van der Waals surface area (Å²) in [4.78, 5) is 11.9. The molecule has 10 heteroatoms. The molecule has 3 aliphatic rings. The summed E-state index contributed by atoms with van der Waals surface area (Å²) in [6.07, 6.45) is 5.94. The van der Waals surface area contributed by atoms with Gasteiger partial charge in [0.25, 0.3) is 0 Å². The Morgan fingerprint density at radius 3 is 2.32 bits per heavy atom. The molecule has 0 heterocycles. The van der Waals surface area contributed by atoms with Crippen LogP contribution in [0.25, 0.3) is 0 Å². The van der Waals surface area contributed by atoms with Crippen molar-refractivity contribution in [2.45, 2.75) is 134 Å². The molecule has 44 heavy (non-hydrogen) atoms. The number of esters is 1. The first-order valence-corrected chi connectivity index (χ1v) is 18.0. The number of carbonyl (C=O) groups is 1. The quantitative estimate of drug-likeness (QED) is 0.117. The van der Waals surface area contributed by atoms with E-state index in [-0.39, 0.29) is 23.2 Å². The van der Waals surface area contributed by atoms with Crippen molar-refractivity contribution in [2.75, 3.05) is 11.5 Å². The predicted molar refractivity (Wildman–Crippen MR) is 162 cm³/mol. The van der Waals surface area contributed by atoms with Crippen LogP contribution in [0.5, 0.6) is 5.75 Å². The molecule has 4 nitrogen and oxygen atoms in total. The molecular formula is C34H49F5O4S. The van der Waals surface area contributed by atoms with Crippen LogP contribution in [0.4, 0.5) is 22.0 Å². The minimum atomic E-state index is -5.55. The van der Waals surface area contributed by atoms with Gasteiger partial charge >= 0.3 is 18.1 Å². The van der Waals surface area contributed by atoms with Crippen LogP contribution in [0, 0.1) is 23.2 Å². The molecule has 0 spiro atoms. The van der Waals surface area contributed by atoms with Crippen molar-refractivity contribution in [3.8, 4) is 5.75 Å². The van der Waals surface area contributed by atoms with Gasteiger partial charge < -0.3 is 9.84 Å². The van der Waals surface area contributed by atoms with E-state index in [4.69, 9.17) is 4.74 Å². The molecule has 1 unspecified atom stereocenters. The highest BCUT2D eigenvalue weighted by molar-refractivity contribution is 7.84. The van der Waals surface area contributed by atoms with E-state index in [9.17, 15) is 36.1 Å². The molecule has 2 fully saturated rings. The number of rotatable bonds is 15. The number of alkyl halides is 5. The molecule has 1 aromatic rings. The summed E-state index contributed by atoms with van der Waals surface area (Å²) in [6, 6.07) is 5.90. The first kappa shape index (κ1) is 35.1. The molecule has 3 aliphatic carbocycles. The second kappa shape index (κ2) is 14.8. The maximum atomic E-state index is 13.0. The van der Waals surface area contributed by atoms with Crippen LogP contribution in [0.2, 0.25) is 0 Å². The Kier molecular flexibility index (Phi) is 11.8. The molecule has 0 amide bonds. The summed E-state index contributed by atoms with van der Waals surface area (Å²) >= 11 is 0. The van der Waals surface area contributed by atoms with E-state index in [1.54, 1.807) is 0 Å². The Labute approximate surface area is 261 Å². The van der Waals surface area contributed by atoms with Gasteiger partial charge in [0.05, 0.1) is 0 Å².